The van der Waals surface area contributed by atoms with Crippen LogP contribution in [0.2, 0.25) is 0 Å². The first-order chi connectivity index (χ1) is 9.43. The van der Waals surface area contributed by atoms with E-state index in [0.29, 0.717) is 10.9 Å². The molecule has 1 atom stereocenters. The van der Waals surface area contributed by atoms with Gasteiger partial charge in [-0.3, -0.25) is 9.59 Å². The molecule has 0 aliphatic heterocycles. The highest BCUT2D eigenvalue weighted by Gasteiger charge is 2.14. The number of carbonyl (C=O) groups is 2. The molecule has 0 spiro atoms. The molecule has 1 aromatic rings. The number of hydrogen-bond donors (Lipinski definition) is 2. The predicted molar refractivity (Wildman–Crippen MR) is 77.6 cm³/mol. The quantitative estimate of drug-likeness (QED) is 0.780. The summed E-state index contributed by atoms with van der Waals surface area (Å²) < 4.78 is 14.1. The third kappa shape index (κ3) is 5.13. The standard InChI is InChI=1S/C14H15BrFNO3/c1-2-9(14(19)20)8-17-13(18)6-3-10-7-11(15)4-5-12(10)16/h3-7,9H,2,8H2,1H3,(H,17,18)(H,19,20). The van der Waals surface area contributed by atoms with E-state index >= 15 is 0 Å². The lowest BCUT2D eigenvalue weighted by Gasteiger charge is -2.09. The number of aliphatic carboxylic acids is 1. The predicted octanol–water partition coefficient (Wildman–Crippen LogP) is 2.83. The number of amides is 1. The molecule has 6 heteroatoms. The normalized spacial score (nSPS) is 12.3. The van der Waals surface area contributed by atoms with Crippen molar-refractivity contribution >= 4 is 33.9 Å². The van der Waals surface area contributed by atoms with Crippen molar-refractivity contribution in [3.05, 3.63) is 40.1 Å². The molecule has 1 unspecified atom stereocenters. The van der Waals surface area contributed by atoms with Crippen LogP contribution in [0.1, 0.15) is 18.9 Å². The van der Waals surface area contributed by atoms with Gasteiger partial charge >= 0.3 is 5.97 Å². The Balaban J connectivity index is 2.60. The lowest BCUT2D eigenvalue weighted by Crippen LogP contribution is -2.31. The molecule has 108 valence electrons. The van der Waals surface area contributed by atoms with E-state index in [1.165, 1.54) is 18.2 Å². The second kappa shape index (κ2) is 7.79. The highest BCUT2D eigenvalue weighted by atomic mass is 79.9. The van der Waals surface area contributed by atoms with Crippen molar-refractivity contribution in [2.45, 2.75) is 13.3 Å². The Kier molecular flexibility index (Phi) is 6.38. The van der Waals surface area contributed by atoms with Crippen LogP contribution in [0, 0.1) is 11.7 Å². The summed E-state index contributed by atoms with van der Waals surface area (Å²) in [7, 11) is 0. The maximum Gasteiger partial charge on any atom is 0.308 e. The number of nitrogens with one attached hydrogen (secondary N) is 1. The van der Waals surface area contributed by atoms with Gasteiger partial charge in [0.25, 0.3) is 0 Å². The number of carboxylic acids is 1. The van der Waals surface area contributed by atoms with Crippen LogP contribution in [0.5, 0.6) is 0 Å². The molecule has 20 heavy (non-hydrogen) atoms. The Morgan fingerprint density at radius 1 is 1.50 bits per heavy atom. The molecule has 0 aliphatic carbocycles. The fraction of sp³-hybridized carbons (Fsp3) is 0.286. The smallest absolute Gasteiger partial charge is 0.308 e. The molecule has 2 N–H and O–H groups in total. The van der Waals surface area contributed by atoms with Gasteiger partial charge in [-0.1, -0.05) is 22.9 Å². The minimum absolute atomic E-state index is 0.0516. The van der Waals surface area contributed by atoms with E-state index in [1.54, 1.807) is 19.1 Å². The Morgan fingerprint density at radius 3 is 2.80 bits per heavy atom. The average molecular weight is 344 g/mol. The van der Waals surface area contributed by atoms with E-state index in [4.69, 9.17) is 5.11 Å². The Morgan fingerprint density at radius 2 is 2.20 bits per heavy atom. The third-order valence-corrected chi connectivity index (χ3v) is 3.23. The third-order valence-electron chi connectivity index (χ3n) is 2.74. The van der Waals surface area contributed by atoms with Gasteiger partial charge in [-0.2, -0.15) is 0 Å². The lowest BCUT2D eigenvalue weighted by molar-refractivity contribution is -0.141. The van der Waals surface area contributed by atoms with Crippen molar-refractivity contribution in [3.63, 3.8) is 0 Å². The molecule has 0 bridgehead atoms. The van der Waals surface area contributed by atoms with Crippen molar-refractivity contribution in [3.8, 4) is 0 Å². The minimum atomic E-state index is -0.949. The largest absolute Gasteiger partial charge is 0.481 e. The number of halogens is 2. The summed E-state index contributed by atoms with van der Waals surface area (Å²) in [5, 5.41) is 11.3. The lowest BCUT2D eigenvalue weighted by atomic mass is 10.1. The van der Waals surface area contributed by atoms with Crippen LogP contribution in [0.4, 0.5) is 4.39 Å². The molecule has 0 fully saturated rings. The number of carbonyl (C=O) groups excluding carboxylic acids is 1. The summed E-state index contributed by atoms with van der Waals surface area (Å²) in [6.07, 6.45) is 2.95. The van der Waals surface area contributed by atoms with Crippen LogP contribution in [-0.2, 0) is 9.59 Å². The van der Waals surface area contributed by atoms with E-state index in [1.807, 2.05) is 0 Å². The summed E-state index contributed by atoms with van der Waals surface area (Å²) in [6.45, 7) is 1.79. The number of hydrogen-bond acceptors (Lipinski definition) is 2. The number of carboxylic acid groups (broad SMARTS) is 1. The van der Waals surface area contributed by atoms with Gasteiger partial charge in [0.2, 0.25) is 5.91 Å². The summed E-state index contributed by atoms with van der Waals surface area (Å²) in [4.78, 5) is 22.3. The Labute approximate surface area is 124 Å². The maximum atomic E-state index is 13.4. The van der Waals surface area contributed by atoms with Gasteiger partial charge in [0.15, 0.2) is 0 Å². The van der Waals surface area contributed by atoms with Gasteiger partial charge in [0, 0.05) is 22.7 Å². The molecule has 4 nitrogen and oxygen atoms in total. The summed E-state index contributed by atoms with van der Waals surface area (Å²) in [6, 6.07) is 4.40. The zero-order chi connectivity index (χ0) is 15.1. The number of rotatable bonds is 6. The molecular weight excluding hydrogens is 329 g/mol. The van der Waals surface area contributed by atoms with Gasteiger partial charge in [-0.05, 0) is 30.7 Å². The van der Waals surface area contributed by atoms with Gasteiger partial charge in [-0.25, -0.2) is 4.39 Å². The first-order valence-electron chi connectivity index (χ1n) is 6.07. The fourth-order valence-corrected chi connectivity index (χ4v) is 1.88. The molecular formula is C14H15BrFNO3. The topological polar surface area (TPSA) is 66.4 Å². The second-order valence-corrected chi connectivity index (χ2v) is 5.10. The zero-order valence-corrected chi connectivity index (χ0v) is 12.5. The fourth-order valence-electron chi connectivity index (χ4n) is 1.50. The highest BCUT2D eigenvalue weighted by Crippen LogP contribution is 2.16. The molecule has 0 aromatic heterocycles. The van der Waals surface area contributed by atoms with Gasteiger partial charge in [-0.15, -0.1) is 0 Å². The van der Waals surface area contributed by atoms with Crippen molar-refractivity contribution in [2.75, 3.05) is 6.54 Å². The van der Waals surface area contributed by atoms with E-state index in [0.717, 1.165) is 0 Å². The maximum absolute atomic E-state index is 13.4. The van der Waals surface area contributed by atoms with Crippen LogP contribution in [0.15, 0.2) is 28.7 Å². The molecule has 0 saturated heterocycles. The molecule has 0 heterocycles. The monoisotopic (exact) mass is 343 g/mol. The average Bonchev–Trinajstić information content (AvgIpc) is 2.40. The molecule has 1 aromatic carbocycles. The van der Waals surface area contributed by atoms with E-state index in [2.05, 4.69) is 21.2 Å². The second-order valence-electron chi connectivity index (χ2n) is 4.19. The van der Waals surface area contributed by atoms with Crippen molar-refractivity contribution in [1.29, 1.82) is 0 Å². The van der Waals surface area contributed by atoms with Crippen LogP contribution in [0.25, 0.3) is 6.08 Å². The first-order valence-corrected chi connectivity index (χ1v) is 6.87. The molecule has 1 rings (SSSR count). The van der Waals surface area contributed by atoms with Gasteiger partial charge < -0.3 is 10.4 Å². The molecule has 0 radical (unpaired) electrons. The highest BCUT2D eigenvalue weighted by molar-refractivity contribution is 9.10. The van der Waals surface area contributed by atoms with E-state index in [-0.39, 0.29) is 12.1 Å². The Bertz CT molecular complexity index is 531. The van der Waals surface area contributed by atoms with Crippen LogP contribution >= 0.6 is 15.9 Å². The first kappa shape index (κ1) is 16.4. The van der Waals surface area contributed by atoms with E-state index < -0.39 is 23.6 Å². The summed E-state index contributed by atoms with van der Waals surface area (Å²) in [5.74, 6) is -2.46. The van der Waals surface area contributed by atoms with Crippen LogP contribution < -0.4 is 5.32 Å². The van der Waals surface area contributed by atoms with Crippen molar-refractivity contribution in [2.24, 2.45) is 5.92 Å². The Hall–Kier alpha value is -1.69. The molecule has 0 aliphatic rings. The van der Waals surface area contributed by atoms with Crippen LogP contribution in [0.3, 0.4) is 0 Å². The van der Waals surface area contributed by atoms with Crippen molar-refractivity contribution in [1.82, 2.24) is 5.32 Å². The van der Waals surface area contributed by atoms with Crippen molar-refractivity contribution < 1.29 is 19.1 Å². The van der Waals surface area contributed by atoms with E-state index in [9.17, 15) is 14.0 Å². The van der Waals surface area contributed by atoms with Gasteiger partial charge in [0.05, 0.1) is 5.92 Å². The minimum Gasteiger partial charge on any atom is -0.481 e. The van der Waals surface area contributed by atoms with Gasteiger partial charge in [0.1, 0.15) is 5.82 Å². The molecule has 1 amide bonds. The number of benzene rings is 1. The van der Waals surface area contributed by atoms with Crippen LogP contribution in [-0.4, -0.2) is 23.5 Å². The molecule has 0 saturated carbocycles. The summed E-state index contributed by atoms with van der Waals surface area (Å²) >= 11 is 3.21. The SMILES string of the molecule is CCC(CNC(=O)C=Cc1cc(Br)ccc1F)C(=O)O. The summed E-state index contributed by atoms with van der Waals surface area (Å²) in [5.41, 5.74) is 0.278. The zero-order valence-electron chi connectivity index (χ0n) is 10.9.